The van der Waals surface area contributed by atoms with Crippen LogP contribution < -0.4 is 11.1 Å². The van der Waals surface area contributed by atoms with E-state index >= 15 is 0 Å². The molecule has 0 atom stereocenters. The highest BCUT2D eigenvalue weighted by Gasteiger charge is 2.20. The van der Waals surface area contributed by atoms with Crippen LogP contribution in [-0.4, -0.2) is 22.0 Å². The Kier molecular flexibility index (Phi) is 3.92. The fourth-order valence-electron chi connectivity index (χ4n) is 2.21. The van der Waals surface area contributed by atoms with E-state index in [-0.39, 0.29) is 23.3 Å². The third kappa shape index (κ3) is 3.17. The van der Waals surface area contributed by atoms with E-state index in [9.17, 15) is 10.1 Å². The predicted octanol–water partition coefficient (Wildman–Crippen LogP) is 1.54. The molecular weight excluding hydrogens is 246 g/mol. The van der Waals surface area contributed by atoms with Gasteiger partial charge in [-0.15, -0.1) is 0 Å². The Balaban J connectivity index is 2.12. The van der Waals surface area contributed by atoms with Crippen molar-refractivity contribution in [2.24, 2.45) is 5.73 Å². The minimum absolute atomic E-state index is 0.173. The predicted molar refractivity (Wildman–Crippen MR) is 69.5 cm³/mol. The third-order valence-corrected chi connectivity index (χ3v) is 3.32. The van der Waals surface area contributed by atoms with Crippen molar-refractivity contribution in [2.45, 2.75) is 37.8 Å². The van der Waals surface area contributed by atoms with Crippen molar-refractivity contribution in [3.63, 3.8) is 0 Å². The molecule has 0 amide bonds. The quantitative estimate of drug-likeness (QED) is 0.629. The van der Waals surface area contributed by atoms with Crippen molar-refractivity contribution in [1.82, 2.24) is 4.98 Å². The number of nitrogens with zero attached hydrogens (tertiary/aromatic N) is 3. The van der Waals surface area contributed by atoms with Crippen LogP contribution in [0.3, 0.4) is 0 Å². The van der Waals surface area contributed by atoms with Crippen molar-refractivity contribution in [1.29, 1.82) is 5.26 Å². The van der Waals surface area contributed by atoms with E-state index in [4.69, 9.17) is 11.0 Å². The van der Waals surface area contributed by atoms with Crippen LogP contribution in [0.15, 0.2) is 12.3 Å². The molecule has 1 aliphatic rings. The lowest BCUT2D eigenvalue weighted by molar-refractivity contribution is -0.385. The van der Waals surface area contributed by atoms with Gasteiger partial charge in [-0.2, -0.15) is 5.26 Å². The van der Waals surface area contributed by atoms with Crippen LogP contribution in [0.1, 0.15) is 31.2 Å². The van der Waals surface area contributed by atoms with Gasteiger partial charge >= 0.3 is 0 Å². The van der Waals surface area contributed by atoms with E-state index in [1.807, 2.05) is 6.07 Å². The third-order valence-electron chi connectivity index (χ3n) is 3.32. The number of hydrogen-bond acceptors (Lipinski definition) is 6. The van der Waals surface area contributed by atoms with Crippen LogP contribution in [0, 0.1) is 21.4 Å². The van der Waals surface area contributed by atoms with E-state index in [1.165, 1.54) is 6.07 Å². The minimum atomic E-state index is -0.558. The van der Waals surface area contributed by atoms with Crippen molar-refractivity contribution in [2.75, 3.05) is 5.32 Å². The van der Waals surface area contributed by atoms with Gasteiger partial charge in [0, 0.05) is 18.2 Å². The molecule has 1 aliphatic carbocycles. The van der Waals surface area contributed by atoms with Gasteiger partial charge in [-0.25, -0.2) is 4.98 Å². The molecule has 2 rings (SSSR count). The molecule has 0 aliphatic heterocycles. The maximum atomic E-state index is 10.6. The van der Waals surface area contributed by atoms with Gasteiger partial charge in [0.25, 0.3) is 5.69 Å². The number of rotatable bonds is 3. The smallest absolute Gasteiger partial charge is 0.289 e. The second-order valence-corrected chi connectivity index (χ2v) is 4.71. The Morgan fingerprint density at radius 1 is 1.47 bits per heavy atom. The molecule has 3 N–H and O–H groups in total. The minimum Gasteiger partial charge on any atom is -0.366 e. The summed E-state index contributed by atoms with van der Waals surface area (Å²) in [6.07, 6.45) is 4.88. The molecule has 0 radical (unpaired) electrons. The van der Waals surface area contributed by atoms with Gasteiger partial charge in [0.2, 0.25) is 0 Å². The second-order valence-electron chi connectivity index (χ2n) is 4.71. The zero-order valence-electron chi connectivity index (χ0n) is 10.4. The van der Waals surface area contributed by atoms with Gasteiger partial charge in [0.1, 0.15) is 23.6 Å². The monoisotopic (exact) mass is 261 g/mol. The number of hydrogen-bond donors (Lipinski definition) is 2. The first-order valence-electron chi connectivity index (χ1n) is 6.17. The summed E-state index contributed by atoms with van der Waals surface area (Å²) in [4.78, 5) is 14.0. The zero-order valence-corrected chi connectivity index (χ0v) is 10.4. The summed E-state index contributed by atoms with van der Waals surface area (Å²) in [6.45, 7) is 0. The summed E-state index contributed by atoms with van der Waals surface area (Å²) < 4.78 is 0. The first kappa shape index (κ1) is 13.2. The summed E-state index contributed by atoms with van der Waals surface area (Å²) in [5.41, 5.74) is 5.85. The molecular formula is C12H15N5O2. The normalized spacial score (nSPS) is 22.5. The summed E-state index contributed by atoms with van der Waals surface area (Å²) >= 11 is 0. The lowest BCUT2D eigenvalue weighted by atomic mass is 9.92. The summed E-state index contributed by atoms with van der Waals surface area (Å²) in [6, 6.07) is 3.65. The zero-order chi connectivity index (χ0) is 13.8. The Labute approximate surface area is 110 Å². The van der Waals surface area contributed by atoms with E-state index in [0.717, 1.165) is 31.9 Å². The average Bonchev–Trinajstić information content (AvgIpc) is 2.41. The number of pyridine rings is 1. The highest BCUT2D eigenvalue weighted by molar-refractivity contribution is 5.56. The molecule has 0 aromatic carbocycles. The molecule has 1 saturated carbocycles. The molecule has 0 saturated heterocycles. The van der Waals surface area contributed by atoms with Gasteiger partial charge in [0.05, 0.1) is 4.92 Å². The maximum Gasteiger partial charge on any atom is 0.289 e. The first-order valence-corrected chi connectivity index (χ1v) is 6.17. The average molecular weight is 261 g/mol. The molecule has 0 unspecified atom stereocenters. The summed E-state index contributed by atoms with van der Waals surface area (Å²) in [5.74, 6) is 0.411. The lowest BCUT2D eigenvalue weighted by Crippen LogP contribution is -2.33. The largest absolute Gasteiger partial charge is 0.366 e. The summed E-state index contributed by atoms with van der Waals surface area (Å²) in [7, 11) is 0. The van der Waals surface area contributed by atoms with Gasteiger partial charge in [-0.1, -0.05) is 0 Å². The molecule has 19 heavy (non-hydrogen) atoms. The molecule has 0 bridgehead atoms. The Hall–Kier alpha value is -2.20. The molecule has 100 valence electrons. The summed E-state index contributed by atoms with van der Waals surface area (Å²) in [5, 5.41) is 22.8. The number of anilines is 1. The molecule has 1 heterocycles. The van der Waals surface area contributed by atoms with Crippen LogP contribution >= 0.6 is 0 Å². The maximum absolute atomic E-state index is 10.6. The van der Waals surface area contributed by atoms with Crippen LogP contribution in [0.25, 0.3) is 0 Å². The van der Waals surface area contributed by atoms with Crippen LogP contribution in [0.2, 0.25) is 0 Å². The van der Waals surface area contributed by atoms with Crippen LogP contribution in [0.5, 0.6) is 0 Å². The number of nitriles is 1. The van der Waals surface area contributed by atoms with Gasteiger partial charge < -0.3 is 11.1 Å². The van der Waals surface area contributed by atoms with Crippen molar-refractivity contribution in [3.05, 3.63) is 27.9 Å². The van der Waals surface area contributed by atoms with Gasteiger partial charge in [0.15, 0.2) is 0 Å². The highest BCUT2D eigenvalue weighted by atomic mass is 16.6. The highest BCUT2D eigenvalue weighted by Crippen LogP contribution is 2.23. The van der Waals surface area contributed by atoms with E-state index in [2.05, 4.69) is 10.3 Å². The van der Waals surface area contributed by atoms with E-state index in [0.29, 0.717) is 5.82 Å². The molecule has 1 aromatic heterocycles. The second kappa shape index (κ2) is 5.63. The number of nitro groups is 1. The standard InChI is InChI=1S/C12H15N5O2/c13-6-8-5-11(17(18)19)7-15-12(8)16-10-3-1-9(14)2-4-10/h5,7,9-10H,1-4,14H2,(H,15,16). The van der Waals surface area contributed by atoms with Crippen molar-refractivity contribution < 1.29 is 4.92 Å². The molecule has 7 nitrogen and oxygen atoms in total. The fourth-order valence-corrected chi connectivity index (χ4v) is 2.21. The van der Waals surface area contributed by atoms with Crippen LogP contribution in [-0.2, 0) is 0 Å². The Bertz CT molecular complexity index is 517. The van der Waals surface area contributed by atoms with Crippen LogP contribution in [0.4, 0.5) is 11.5 Å². The van der Waals surface area contributed by atoms with Crippen molar-refractivity contribution >= 4 is 11.5 Å². The Morgan fingerprint density at radius 2 is 2.16 bits per heavy atom. The van der Waals surface area contributed by atoms with Crippen molar-refractivity contribution in [3.8, 4) is 6.07 Å². The topological polar surface area (TPSA) is 118 Å². The van der Waals surface area contributed by atoms with E-state index < -0.39 is 4.92 Å². The van der Waals surface area contributed by atoms with E-state index in [1.54, 1.807) is 0 Å². The molecule has 1 aromatic rings. The fraction of sp³-hybridized carbons (Fsp3) is 0.500. The first-order chi connectivity index (χ1) is 9.10. The molecule has 1 fully saturated rings. The number of nitrogens with two attached hydrogens (primary N) is 1. The van der Waals surface area contributed by atoms with Gasteiger partial charge in [-0.3, -0.25) is 10.1 Å². The Morgan fingerprint density at radius 3 is 2.74 bits per heavy atom. The number of aromatic nitrogens is 1. The molecule has 7 heteroatoms. The number of nitrogens with one attached hydrogen (secondary N) is 1. The van der Waals surface area contributed by atoms with Gasteiger partial charge in [-0.05, 0) is 25.7 Å². The lowest BCUT2D eigenvalue weighted by Gasteiger charge is -2.27. The SMILES string of the molecule is N#Cc1cc([N+](=O)[O-])cnc1NC1CCC(N)CC1. The molecule has 0 spiro atoms.